The molecule has 3 aromatic rings. The lowest BCUT2D eigenvalue weighted by atomic mass is 10.0. The van der Waals surface area contributed by atoms with E-state index in [1.54, 1.807) is 0 Å². The smallest absolute Gasteiger partial charge is 0.140 e. The summed E-state index contributed by atoms with van der Waals surface area (Å²) in [4.78, 5) is 5.33. The summed E-state index contributed by atoms with van der Waals surface area (Å²) in [5, 5.41) is 0. The highest BCUT2D eigenvalue weighted by Crippen LogP contribution is 2.32. The van der Waals surface area contributed by atoms with Gasteiger partial charge >= 0.3 is 0 Å². The summed E-state index contributed by atoms with van der Waals surface area (Å²) >= 11 is 5.24. The topological polar surface area (TPSA) is 52.5 Å². The number of nitrogens with zero attached hydrogens (tertiary/aromatic N) is 2. The Kier molecular flexibility index (Phi) is 4.53. The number of ether oxygens (including phenoxy) is 1. The predicted molar refractivity (Wildman–Crippen MR) is 102 cm³/mol. The normalized spacial score (nSPS) is 12.3. The second-order valence-electron chi connectivity index (χ2n) is 5.81. The fourth-order valence-electron chi connectivity index (χ4n) is 2.86. The highest BCUT2D eigenvalue weighted by Gasteiger charge is 2.21. The first-order chi connectivity index (χ1) is 11.5. The Morgan fingerprint density at radius 3 is 2.62 bits per heavy atom. The maximum absolute atomic E-state index is 5.94. The van der Waals surface area contributed by atoms with Crippen LogP contribution in [0.25, 0.3) is 16.9 Å². The number of aryl methyl sites for hydroxylation is 1. The van der Waals surface area contributed by atoms with Crippen molar-refractivity contribution in [3.63, 3.8) is 0 Å². The van der Waals surface area contributed by atoms with Gasteiger partial charge in [0, 0.05) is 17.7 Å². The Morgan fingerprint density at radius 1 is 1.29 bits per heavy atom. The van der Waals surface area contributed by atoms with Gasteiger partial charge in [-0.05, 0) is 49.7 Å². The van der Waals surface area contributed by atoms with Gasteiger partial charge in [0.1, 0.15) is 11.4 Å². The quantitative estimate of drug-likeness (QED) is 0.711. The molecule has 3 rings (SSSR count). The van der Waals surface area contributed by atoms with Crippen LogP contribution in [0.3, 0.4) is 0 Å². The second-order valence-corrected chi connectivity index (χ2v) is 6.28. The number of thiocarbonyl (C=S) groups is 1. The van der Waals surface area contributed by atoms with E-state index in [1.807, 2.05) is 50.4 Å². The van der Waals surface area contributed by atoms with Crippen LogP contribution in [0.5, 0.6) is 5.75 Å². The summed E-state index contributed by atoms with van der Waals surface area (Å²) in [6, 6.07) is 12.0. The maximum atomic E-state index is 5.94. The average molecular weight is 339 g/mol. The first-order valence-electron chi connectivity index (χ1n) is 8.03. The summed E-state index contributed by atoms with van der Waals surface area (Å²) in [7, 11) is 0. The molecule has 0 radical (unpaired) electrons. The minimum absolute atomic E-state index is 0.0710. The van der Waals surface area contributed by atoms with E-state index in [1.165, 1.54) is 0 Å². The third kappa shape index (κ3) is 2.87. The third-order valence-corrected chi connectivity index (χ3v) is 4.51. The molecule has 1 atom stereocenters. The van der Waals surface area contributed by atoms with Crippen molar-refractivity contribution in [1.82, 2.24) is 9.38 Å². The van der Waals surface area contributed by atoms with Gasteiger partial charge in [0.25, 0.3) is 0 Å². The van der Waals surface area contributed by atoms with Crippen LogP contribution in [0.4, 0.5) is 0 Å². The molecular formula is C19H21N3OS. The Balaban J connectivity index is 2.20. The van der Waals surface area contributed by atoms with Crippen molar-refractivity contribution in [3.8, 4) is 17.0 Å². The lowest BCUT2D eigenvalue weighted by Crippen LogP contribution is -2.18. The fraction of sp³-hybridized carbons (Fsp3) is 0.263. The molecule has 2 aromatic heterocycles. The van der Waals surface area contributed by atoms with E-state index in [2.05, 4.69) is 17.4 Å². The van der Waals surface area contributed by atoms with E-state index in [4.69, 9.17) is 27.7 Å². The van der Waals surface area contributed by atoms with Crippen LogP contribution in [-0.4, -0.2) is 21.0 Å². The number of hydrogen-bond donors (Lipinski definition) is 1. The molecule has 2 N–H and O–H groups in total. The molecule has 0 saturated carbocycles. The summed E-state index contributed by atoms with van der Waals surface area (Å²) in [6.07, 6.45) is 2.01. The second kappa shape index (κ2) is 6.61. The minimum Gasteiger partial charge on any atom is -0.494 e. The molecule has 1 aromatic carbocycles. The zero-order valence-electron chi connectivity index (χ0n) is 14.1. The standard InChI is InChI=1S/C19H21N3OS/c1-4-23-15-9-7-14(8-10-15)16-17(13(3)18(20)24)22-11-5-6-12(2)19(22)21-16/h5-11,13H,4H2,1-3H3,(H2,20,24). The predicted octanol–water partition coefficient (Wildman–Crippen LogP) is 4.10. The Labute approximate surface area is 147 Å². The molecule has 5 heteroatoms. The van der Waals surface area contributed by atoms with E-state index in [9.17, 15) is 0 Å². The number of nitrogens with two attached hydrogens (primary N) is 1. The van der Waals surface area contributed by atoms with Gasteiger partial charge in [0.05, 0.1) is 23.0 Å². The molecule has 0 fully saturated rings. The van der Waals surface area contributed by atoms with Crippen LogP contribution in [0.1, 0.15) is 31.0 Å². The van der Waals surface area contributed by atoms with Gasteiger partial charge in [0.15, 0.2) is 0 Å². The van der Waals surface area contributed by atoms with Crippen molar-refractivity contribution in [3.05, 3.63) is 53.9 Å². The van der Waals surface area contributed by atoms with Crippen LogP contribution in [0.2, 0.25) is 0 Å². The number of aromatic nitrogens is 2. The van der Waals surface area contributed by atoms with Crippen molar-refractivity contribution in [2.24, 2.45) is 5.73 Å². The van der Waals surface area contributed by atoms with Gasteiger partial charge in [-0.1, -0.05) is 25.2 Å². The Hall–Kier alpha value is -2.40. The molecular weight excluding hydrogens is 318 g/mol. The van der Waals surface area contributed by atoms with Crippen LogP contribution in [-0.2, 0) is 0 Å². The van der Waals surface area contributed by atoms with E-state index in [0.29, 0.717) is 11.6 Å². The van der Waals surface area contributed by atoms with E-state index in [-0.39, 0.29) is 5.92 Å². The summed E-state index contributed by atoms with van der Waals surface area (Å²) in [6.45, 7) is 6.70. The zero-order chi connectivity index (χ0) is 17.3. The fourth-order valence-corrected chi connectivity index (χ4v) is 2.97. The molecule has 1 unspecified atom stereocenters. The number of imidazole rings is 1. The van der Waals surface area contributed by atoms with Crippen molar-refractivity contribution in [1.29, 1.82) is 0 Å². The van der Waals surface area contributed by atoms with Crippen LogP contribution in [0.15, 0.2) is 42.6 Å². The zero-order valence-corrected chi connectivity index (χ0v) is 14.9. The van der Waals surface area contributed by atoms with Gasteiger partial charge in [-0.25, -0.2) is 4.98 Å². The van der Waals surface area contributed by atoms with Crippen molar-refractivity contribution in [2.75, 3.05) is 6.61 Å². The van der Waals surface area contributed by atoms with Crippen molar-refractivity contribution >= 4 is 22.9 Å². The van der Waals surface area contributed by atoms with Gasteiger partial charge in [-0.2, -0.15) is 0 Å². The van der Waals surface area contributed by atoms with E-state index >= 15 is 0 Å². The van der Waals surface area contributed by atoms with E-state index < -0.39 is 0 Å². The number of hydrogen-bond acceptors (Lipinski definition) is 3. The maximum Gasteiger partial charge on any atom is 0.140 e. The largest absolute Gasteiger partial charge is 0.494 e. The third-order valence-electron chi connectivity index (χ3n) is 4.16. The molecule has 0 aliphatic rings. The molecule has 0 aliphatic heterocycles. The molecule has 24 heavy (non-hydrogen) atoms. The molecule has 0 saturated heterocycles. The molecule has 4 nitrogen and oxygen atoms in total. The SMILES string of the molecule is CCOc1ccc(-c2nc3c(C)cccn3c2C(C)C(N)=S)cc1. The Bertz CT molecular complexity index is 884. The van der Waals surface area contributed by atoms with Crippen LogP contribution < -0.4 is 10.5 Å². The Morgan fingerprint density at radius 2 is 2.00 bits per heavy atom. The number of fused-ring (bicyclic) bond motifs is 1. The molecule has 0 spiro atoms. The lowest BCUT2D eigenvalue weighted by molar-refractivity contribution is 0.340. The van der Waals surface area contributed by atoms with Crippen molar-refractivity contribution < 1.29 is 4.74 Å². The van der Waals surface area contributed by atoms with Gasteiger partial charge < -0.3 is 14.9 Å². The van der Waals surface area contributed by atoms with Gasteiger partial charge in [0.2, 0.25) is 0 Å². The van der Waals surface area contributed by atoms with Crippen LogP contribution in [0, 0.1) is 6.92 Å². The minimum atomic E-state index is -0.0710. The summed E-state index contributed by atoms with van der Waals surface area (Å²) < 4.78 is 7.61. The molecule has 0 bridgehead atoms. The lowest BCUT2D eigenvalue weighted by Gasteiger charge is -2.13. The van der Waals surface area contributed by atoms with Gasteiger partial charge in [-0.15, -0.1) is 0 Å². The first-order valence-corrected chi connectivity index (χ1v) is 8.43. The van der Waals surface area contributed by atoms with Crippen LogP contribution >= 0.6 is 12.2 Å². The molecule has 0 amide bonds. The monoisotopic (exact) mass is 339 g/mol. The highest BCUT2D eigenvalue weighted by molar-refractivity contribution is 7.80. The average Bonchev–Trinajstić information content (AvgIpc) is 2.96. The van der Waals surface area contributed by atoms with Gasteiger partial charge in [-0.3, -0.25) is 0 Å². The molecule has 0 aliphatic carbocycles. The number of pyridine rings is 1. The number of rotatable bonds is 5. The molecule has 124 valence electrons. The summed E-state index contributed by atoms with van der Waals surface area (Å²) in [5.74, 6) is 0.781. The first kappa shape index (κ1) is 16.5. The van der Waals surface area contributed by atoms with Crippen molar-refractivity contribution in [2.45, 2.75) is 26.7 Å². The highest BCUT2D eigenvalue weighted by atomic mass is 32.1. The van der Waals surface area contributed by atoms with E-state index in [0.717, 1.165) is 33.9 Å². The number of benzene rings is 1. The molecule has 2 heterocycles. The summed E-state index contributed by atoms with van der Waals surface area (Å²) in [5.41, 5.74) is 10.9.